The number of anilines is 1. The van der Waals surface area contributed by atoms with Gasteiger partial charge in [-0.15, -0.1) is 0 Å². The Labute approximate surface area is 170 Å². The van der Waals surface area contributed by atoms with Crippen molar-refractivity contribution in [2.24, 2.45) is 0 Å². The Morgan fingerprint density at radius 1 is 1.21 bits per heavy atom. The second-order valence-corrected chi connectivity index (χ2v) is 7.73. The molecular weight excluding hydrogens is 374 g/mol. The molecule has 2 aromatic rings. The second kappa shape index (κ2) is 9.27. The lowest BCUT2D eigenvalue weighted by Gasteiger charge is -2.24. The number of carbonyl (C=O) groups excluding carboxylic acids is 3. The molecule has 2 N–H and O–H groups in total. The molecule has 1 heterocycles. The highest BCUT2D eigenvalue weighted by Crippen LogP contribution is 2.15. The van der Waals surface area contributed by atoms with Gasteiger partial charge in [0.1, 0.15) is 17.9 Å². The van der Waals surface area contributed by atoms with Gasteiger partial charge in [0.15, 0.2) is 0 Å². The number of nitrogens with zero attached hydrogens (tertiary/aromatic N) is 1. The van der Waals surface area contributed by atoms with Gasteiger partial charge in [0, 0.05) is 19.3 Å². The smallest absolute Gasteiger partial charge is 0.410 e. The number of hydrogen-bond donors (Lipinski definition) is 2. The van der Waals surface area contributed by atoms with Gasteiger partial charge in [-0.05, 0) is 51.5 Å². The molecule has 0 aliphatic rings. The Morgan fingerprint density at radius 3 is 2.55 bits per heavy atom. The molecule has 0 aliphatic heterocycles. The zero-order valence-electron chi connectivity index (χ0n) is 17.3. The first-order valence-corrected chi connectivity index (χ1v) is 9.22. The third-order valence-electron chi connectivity index (χ3n) is 3.84. The van der Waals surface area contributed by atoms with Gasteiger partial charge in [-0.1, -0.05) is 12.1 Å². The number of ether oxygens (including phenoxy) is 1. The summed E-state index contributed by atoms with van der Waals surface area (Å²) in [4.78, 5) is 38.0. The Kier molecular flexibility index (Phi) is 7.03. The van der Waals surface area contributed by atoms with Crippen molar-refractivity contribution in [3.05, 3.63) is 54.0 Å². The monoisotopic (exact) mass is 401 g/mol. The zero-order chi connectivity index (χ0) is 21.6. The molecule has 0 saturated heterocycles. The molecule has 0 aliphatic carbocycles. The number of nitrogens with one attached hydrogen (secondary N) is 2. The zero-order valence-corrected chi connectivity index (χ0v) is 17.3. The van der Waals surface area contributed by atoms with Crippen LogP contribution in [0.5, 0.6) is 0 Å². The summed E-state index contributed by atoms with van der Waals surface area (Å²) in [6, 6.07) is 7.90. The fraction of sp³-hybridized carbons (Fsp3) is 0.381. The van der Waals surface area contributed by atoms with Crippen LogP contribution in [0, 0.1) is 0 Å². The topological polar surface area (TPSA) is 101 Å². The molecule has 8 heteroatoms. The van der Waals surface area contributed by atoms with E-state index in [1.165, 1.54) is 23.5 Å². The molecule has 1 atom stereocenters. The second-order valence-electron chi connectivity index (χ2n) is 7.73. The SMILES string of the molecule is C[C@H](NC(=O)c1ccoc1)C(=O)Nc1cccc(CN(C)C(=O)OC(C)(C)C)c1. The minimum absolute atomic E-state index is 0.325. The fourth-order valence-electron chi connectivity index (χ4n) is 2.42. The summed E-state index contributed by atoms with van der Waals surface area (Å²) >= 11 is 0. The van der Waals surface area contributed by atoms with Gasteiger partial charge in [-0.2, -0.15) is 0 Å². The number of amides is 3. The van der Waals surface area contributed by atoms with Crippen molar-refractivity contribution in [2.45, 2.75) is 45.9 Å². The van der Waals surface area contributed by atoms with E-state index in [4.69, 9.17) is 9.15 Å². The highest BCUT2D eigenvalue weighted by molar-refractivity contribution is 6.00. The van der Waals surface area contributed by atoms with Gasteiger partial charge in [-0.25, -0.2) is 4.79 Å². The number of benzene rings is 1. The van der Waals surface area contributed by atoms with E-state index < -0.39 is 23.6 Å². The summed E-state index contributed by atoms with van der Waals surface area (Å²) in [5.74, 6) is -0.756. The Morgan fingerprint density at radius 2 is 1.93 bits per heavy atom. The van der Waals surface area contributed by atoms with Crippen LogP contribution < -0.4 is 10.6 Å². The van der Waals surface area contributed by atoms with E-state index in [-0.39, 0.29) is 5.91 Å². The molecule has 3 amide bonds. The molecule has 156 valence electrons. The molecule has 1 aromatic heterocycles. The fourth-order valence-corrected chi connectivity index (χ4v) is 2.42. The minimum atomic E-state index is -0.745. The molecular formula is C21H27N3O5. The molecule has 0 unspecified atom stereocenters. The Hall–Kier alpha value is -3.29. The molecule has 8 nitrogen and oxygen atoms in total. The maximum Gasteiger partial charge on any atom is 0.410 e. The van der Waals surface area contributed by atoms with Crippen LogP contribution >= 0.6 is 0 Å². The molecule has 1 aromatic carbocycles. The van der Waals surface area contributed by atoms with Crippen molar-refractivity contribution < 1.29 is 23.5 Å². The van der Waals surface area contributed by atoms with Crippen molar-refractivity contribution in [1.29, 1.82) is 0 Å². The van der Waals surface area contributed by atoms with Crippen LogP contribution in [0.3, 0.4) is 0 Å². The summed E-state index contributed by atoms with van der Waals surface area (Å²) in [6.07, 6.45) is 2.27. The third kappa shape index (κ3) is 6.99. The van der Waals surface area contributed by atoms with E-state index >= 15 is 0 Å². The van der Waals surface area contributed by atoms with Gasteiger partial charge in [0.05, 0.1) is 11.8 Å². The van der Waals surface area contributed by atoms with Crippen LogP contribution in [0.4, 0.5) is 10.5 Å². The summed E-state index contributed by atoms with van der Waals surface area (Å²) in [6.45, 7) is 7.34. The van der Waals surface area contributed by atoms with Crippen LogP contribution in [-0.4, -0.2) is 41.5 Å². The van der Waals surface area contributed by atoms with E-state index in [2.05, 4.69) is 10.6 Å². The van der Waals surface area contributed by atoms with E-state index in [1.807, 2.05) is 6.07 Å². The minimum Gasteiger partial charge on any atom is -0.472 e. The summed E-state index contributed by atoms with van der Waals surface area (Å²) in [7, 11) is 1.65. The van der Waals surface area contributed by atoms with E-state index in [0.717, 1.165) is 5.56 Å². The third-order valence-corrected chi connectivity index (χ3v) is 3.84. The van der Waals surface area contributed by atoms with Crippen molar-refractivity contribution >= 4 is 23.6 Å². The van der Waals surface area contributed by atoms with Gasteiger partial charge >= 0.3 is 6.09 Å². The van der Waals surface area contributed by atoms with Crippen molar-refractivity contribution in [3.8, 4) is 0 Å². The standard InChI is InChI=1S/C21H27N3O5/c1-14(22-19(26)16-9-10-28-13-16)18(25)23-17-8-6-7-15(11-17)12-24(5)20(27)29-21(2,3)4/h6-11,13-14H,12H2,1-5H3,(H,22,26)(H,23,25)/t14-/m0/s1. The van der Waals surface area contributed by atoms with Gasteiger partial charge in [0.2, 0.25) is 5.91 Å². The lowest BCUT2D eigenvalue weighted by molar-refractivity contribution is -0.117. The lowest BCUT2D eigenvalue weighted by atomic mass is 10.2. The summed E-state index contributed by atoms with van der Waals surface area (Å²) in [5.41, 5.74) is 1.16. The van der Waals surface area contributed by atoms with Crippen LogP contribution in [0.1, 0.15) is 43.6 Å². The maximum atomic E-state index is 12.4. The predicted molar refractivity (Wildman–Crippen MR) is 108 cm³/mol. The van der Waals surface area contributed by atoms with Crippen molar-refractivity contribution in [2.75, 3.05) is 12.4 Å². The van der Waals surface area contributed by atoms with E-state index in [9.17, 15) is 14.4 Å². The molecule has 0 bridgehead atoms. The van der Waals surface area contributed by atoms with Gasteiger partial charge in [0.25, 0.3) is 5.91 Å². The number of hydrogen-bond acceptors (Lipinski definition) is 5. The number of rotatable bonds is 6. The lowest BCUT2D eigenvalue weighted by Crippen LogP contribution is -2.41. The van der Waals surface area contributed by atoms with Crippen LogP contribution in [-0.2, 0) is 16.1 Å². The van der Waals surface area contributed by atoms with Crippen LogP contribution in [0.25, 0.3) is 0 Å². The van der Waals surface area contributed by atoms with Crippen LogP contribution in [0.2, 0.25) is 0 Å². The van der Waals surface area contributed by atoms with Crippen LogP contribution in [0.15, 0.2) is 47.3 Å². The van der Waals surface area contributed by atoms with Crippen molar-refractivity contribution in [1.82, 2.24) is 10.2 Å². The molecule has 0 saturated carbocycles. The largest absolute Gasteiger partial charge is 0.472 e. The number of carbonyl (C=O) groups is 3. The number of furan rings is 1. The highest BCUT2D eigenvalue weighted by Gasteiger charge is 2.20. The first-order chi connectivity index (χ1) is 13.5. The molecule has 2 rings (SSSR count). The first-order valence-electron chi connectivity index (χ1n) is 9.22. The summed E-state index contributed by atoms with van der Waals surface area (Å²) < 4.78 is 10.2. The normalized spacial score (nSPS) is 12.0. The first kappa shape index (κ1) is 22.0. The molecule has 29 heavy (non-hydrogen) atoms. The van der Waals surface area contributed by atoms with E-state index in [0.29, 0.717) is 17.8 Å². The quantitative estimate of drug-likeness (QED) is 0.773. The average Bonchev–Trinajstić information content (AvgIpc) is 3.15. The average molecular weight is 401 g/mol. The molecule has 0 radical (unpaired) electrons. The van der Waals surface area contributed by atoms with Crippen molar-refractivity contribution in [3.63, 3.8) is 0 Å². The molecule has 0 spiro atoms. The maximum absolute atomic E-state index is 12.4. The predicted octanol–water partition coefficient (Wildman–Crippen LogP) is 3.40. The van der Waals surface area contributed by atoms with E-state index in [1.54, 1.807) is 52.9 Å². The Bertz CT molecular complexity index is 855. The van der Waals surface area contributed by atoms with Gasteiger partial charge < -0.3 is 24.7 Å². The Balaban J connectivity index is 1.93. The highest BCUT2D eigenvalue weighted by atomic mass is 16.6. The molecule has 0 fully saturated rings. The van der Waals surface area contributed by atoms with Gasteiger partial charge in [-0.3, -0.25) is 9.59 Å². The summed E-state index contributed by atoms with van der Waals surface area (Å²) in [5, 5.41) is 5.37.